The Bertz CT molecular complexity index is 550. The molecule has 1 aromatic heterocycles. The maximum atomic E-state index is 6.24. The van der Waals surface area contributed by atoms with Gasteiger partial charge >= 0.3 is 0 Å². The third-order valence-corrected chi connectivity index (χ3v) is 4.04. The number of halogens is 2. The van der Waals surface area contributed by atoms with Gasteiger partial charge in [0.25, 0.3) is 0 Å². The summed E-state index contributed by atoms with van der Waals surface area (Å²) in [5, 5.41) is 8.12. The Labute approximate surface area is 129 Å². The van der Waals surface area contributed by atoms with Crippen LogP contribution in [0.2, 0.25) is 5.02 Å². The fraction of sp³-hybridized carbons (Fsp3) is 0.333. The van der Waals surface area contributed by atoms with E-state index in [1.54, 1.807) is 7.11 Å². The molecule has 0 saturated heterocycles. The summed E-state index contributed by atoms with van der Waals surface area (Å²) in [7, 11) is 1.68. The molecule has 1 heterocycles. The molecular formula is C12H13BrClN3OS. The standard InChI is InChI=1S/C12H13BrClN3OS/c1-18-5-4-15-7-11-12(16-17-19-11)9-3-2-8(13)6-10(9)14/h2-3,6,15H,4-5,7H2,1H3. The van der Waals surface area contributed by atoms with Crippen molar-refractivity contribution in [2.45, 2.75) is 6.54 Å². The highest BCUT2D eigenvalue weighted by Gasteiger charge is 2.13. The summed E-state index contributed by atoms with van der Waals surface area (Å²) in [4.78, 5) is 1.07. The summed E-state index contributed by atoms with van der Waals surface area (Å²) in [5.74, 6) is 0. The van der Waals surface area contributed by atoms with Crippen molar-refractivity contribution in [2.24, 2.45) is 0 Å². The molecule has 2 rings (SSSR count). The van der Waals surface area contributed by atoms with Crippen molar-refractivity contribution >= 4 is 39.1 Å². The lowest BCUT2D eigenvalue weighted by atomic mass is 10.1. The van der Waals surface area contributed by atoms with Crippen LogP contribution >= 0.6 is 39.1 Å². The lowest BCUT2D eigenvalue weighted by Gasteiger charge is -2.05. The summed E-state index contributed by atoms with van der Waals surface area (Å²) in [6, 6.07) is 5.75. The normalized spacial score (nSPS) is 10.9. The SMILES string of the molecule is COCCNCc1snnc1-c1ccc(Br)cc1Cl. The number of nitrogens with one attached hydrogen (secondary N) is 1. The molecule has 0 bridgehead atoms. The second-order valence-corrected chi connectivity index (χ2v) is 6.00. The first-order chi connectivity index (χ1) is 9.22. The van der Waals surface area contributed by atoms with E-state index in [9.17, 15) is 0 Å². The average Bonchev–Trinajstić information content (AvgIpc) is 2.83. The molecule has 102 valence electrons. The number of rotatable bonds is 6. The van der Waals surface area contributed by atoms with E-state index in [1.807, 2.05) is 18.2 Å². The highest BCUT2D eigenvalue weighted by Crippen LogP contribution is 2.32. The number of ether oxygens (including phenoxy) is 1. The van der Waals surface area contributed by atoms with Crippen LogP contribution in [-0.4, -0.2) is 29.8 Å². The molecule has 1 aromatic carbocycles. The van der Waals surface area contributed by atoms with Crippen LogP contribution in [0.3, 0.4) is 0 Å². The summed E-state index contributed by atoms with van der Waals surface area (Å²) in [6.07, 6.45) is 0. The molecule has 0 atom stereocenters. The van der Waals surface area contributed by atoms with Gasteiger partial charge in [-0.05, 0) is 23.7 Å². The van der Waals surface area contributed by atoms with Gasteiger partial charge in [-0.1, -0.05) is 38.1 Å². The molecule has 0 saturated carbocycles. The minimum absolute atomic E-state index is 0.667. The van der Waals surface area contributed by atoms with Gasteiger partial charge in [-0.3, -0.25) is 0 Å². The molecule has 7 heteroatoms. The van der Waals surface area contributed by atoms with Crippen molar-refractivity contribution in [3.8, 4) is 11.3 Å². The van der Waals surface area contributed by atoms with Gasteiger partial charge in [-0.25, -0.2) is 0 Å². The van der Waals surface area contributed by atoms with Crippen LogP contribution < -0.4 is 5.32 Å². The van der Waals surface area contributed by atoms with Crippen LogP contribution in [0, 0.1) is 0 Å². The van der Waals surface area contributed by atoms with Gasteiger partial charge < -0.3 is 10.1 Å². The van der Waals surface area contributed by atoms with Gasteiger partial charge in [-0.2, -0.15) is 0 Å². The summed E-state index contributed by atoms with van der Waals surface area (Å²) in [5.41, 5.74) is 1.74. The van der Waals surface area contributed by atoms with Gasteiger partial charge in [0, 0.05) is 30.2 Å². The highest BCUT2D eigenvalue weighted by molar-refractivity contribution is 9.10. The first kappa shape index (κ1) is 14.9. The van der Waals surface area contributed by atoms with Gasteiger partial charge in [0.1, 0.15) is 5.69 Å². The average molecular weight is 363 g/mol. The van der Waals surface area contributed by atoms with E-state index in [0.29, 0.717) is 18.2 Å². The quantitative estimate of drug-likeness (QED) is 0.801. The molecule has 0 spiro atoms. The Hall–Kier alpha value is -0.530. The zero-order valence-corrected chi connectivity index (χ0v) is 13.5. The van der Waals surface area contributed by atoms with Crippen molar-refractivity contribution in [2.75, 3.05) is 20.3 Å². The Morgan fingerprint density at radius 1 is 1.47 bits per heavy atom. The second kappa shape index (κ2) is 7.31. The van der Waals surface area contributed by atoms with Crippen LogP contribution in [0.4, 0.5) is 0 Å². The number of hydrogen-bond acceptors (Lipinski definition) is 5. The highest BCUT2D eigenvalue weighted by atomic mass is 79.9. The van der Waals surface area contributed by atoms with E-state index < -0.39 is 0 Å². The molecule has 0 radical (unpaired) electrons. The lowest BCUT2D eigenvalue weighted by molar-refractivity contribution is 0.199. The largest absolute Gasteiger partial charge is 0.383 e. The van der Waals surface area contributed by atoms with Gasteiger partial charge in [0.05, 0.1) is 16.5 Å². The molecule has 1 N–H and O–H groups in total. The van der Waals surface area contributed by atoms with E-state index in [2.05, 4.69) is 30.8 Å². The van der Waals surface area contributed by atoms with Crippen molar-refractivity contribution < 1.29 is 4.74 Å². The molecule has 4 nitrogen and oxygen atoms in total. The van der Waals surface area contributed by atoms with Gasteiger partial charge in [-0.15, -0.1) is 5.10 Å². The van der Waals surface area contributed by atoms with E-state index in [1.165, 1.54) is 11.5 Å². The lowest BCUT2D eigenvalue weighted by Crippen LogP contribution is -2.18. The van der Waals surface area contributed by atoms with Crippen LogP contribution in [0.25, 0.3) is 11.3 Å². The molecule has 0 amide bonds. The van der Waals surface area contributed by atoms with Gasteiger partial charge in [0.15, 0.2) is 0 Å². The zero-order valence-electron chi connectivity index (χ0n) is 10.3. The Morgan fingerprint density at radius 2 is 2.32 bits per heavy atom. The number of hydrogen-bond donors (Lipinski definition) is 1. The molecule has 0 fully saturated rings. The number of aromatic nitrogens is 2. The molecule has 2 aromatic rings. The first-order valence-corrected chi connectivity index (χ1v) is 7.63. The smallest absolute Gasteiger partial charge is 0.111 e. The maximum absolute atomic E-state index is 6.24. The summed E-state index contributed by atoms with van der Waals surface area (Å²) < 4.78 is 9.95. The Kier molecular flexibility index (Phi) is 5.72. The number of nitrogens with zero attached hydrogens (tertiary/aromatic N) is 2. The van der Waals surface area contributed by atoms with Gasteiger partial charge in [0.2, 0.25) is 0 Å². The third kappa shape index (κ3) is 3.97. The molecule has 0 unspecified atom stereocenters. The Balaban J connectivity index is 2.14. The van der Waals surface area contributed by atoms with Crippen LogP contribution in [0.5, 0.6) is 0 Å². The first-order valence-electron chi connectivity index (χ1n) is 5.68. The zero-order chi connectivity index (χ0) is 13.7. The van der Waals surface area contributed by atoms with E-state index in [-0.39, 0.29) is 0 Å². The monoisotopic (exact) mass is 361 g/mol. The minimum Gasteiger partial charge on any atom is -0.383 e. The van der Waals surface area contributed by atoms with Crippen LogP contribution in [0.1, 0.15) is 4.88 Å². The number of methoxy groups -OCH3 is 1. The predicted octanol–water partition coefficient (Wildman–Crippen LogP) is 3.36. The molecule has 0 aliphatic heterocycles. The fourth-order valence-corrected chi connectivity index (χ4v) is 2.98. The maximum Gasteiger partial charge on any atom is 0.111 e. The fourth-order valence-electron chi connectivity index (χ4n) is 1.59. The minimum atomic E-state index is 0.667. The van der Waals surface area contributed by atoms with Crippen molar-refractivity contribution in [3.05, 3.63) is 32.6 Å². The third-order valence-electron chi connectivity index (χ3n) is 2.51. The molecule has 19 heavy (non-hydrogen) atoms. The topological polar surface area (TPSA) is 47.0 Å². The van der Waals surface area contributed by atoms with E-state index >= 15 is 0 Å². The second-order valence-electron chi connectivity index (χ2n) is 3.84. The Morgan fingerprint density at radius 3 is 3.05 bits per heavy atom. The van der Waals surface area contributed by atoms with Crippen molar-refractivity contribution in [1.82, 2.24) is 14.9 Å². The molecule has 0 aliphatic rings. The molecule has 0 aliphatic carbocycles. The molecular weight excluding hydrogens is 350 g/mol. The summed E-state index contributed by atoms with van der Waals surface area (Å²) in [6.45, 7) is 2.19. The van der Waals surface area contributed by atoms with E-state index in [0.717, 1.165) is 27.2 Å². The van der Waals surface area contributed by atoms with Crippen molar-refractivity contribution in [3.63, 3.8) is 0 Å². The van der Waals surface area contributed by atoms with Crippen LogP contribution in [0.15, 0.2) is 22.7 Å². The van der Waals surface area contributed by atoms with E-state index in [4.69, 9.17) is 16.3 Å². The predicted molar refractivity (Wildman–Crippen MR) is 81.6 cm³/mol. The van der Waals surface area contributed by atoms with Crippen LogP contribution in [-0.2, 0) is 11.3 Å². The summed E-state index contributed by atoms with van der Waals surface area (Å²) >= 11 is 11.0. The van der Waals surface area contributed by atoms with Crippen molar-refractivity contribution in [1.29, 1.82) is 0 Å². The number of benzene rings is 1.